The normalized spacial score (nSPS) is 18.0. The molecule has 0 aromatic heterocycles. The van der Waals surface area contributed by atoms with E-state index in [9.17, 15) is 14.4 Å². The van der Waals surface area contributed by atoms with E-state index in [1.165, 1.54) is 0 Å². The number of allylic oxidation sites excluding steroid dienone is 1. The van der Waals surface area contributed by atoms with Gasteiger partial charge in [-0.15, -0.1) is 0 Å². The van der Waals surface area contributed by atoms with Crippen LogP contribution in [0.4, 0.5) is 16.2 Å². The number of nitrogens with zero attached hydrogens (tertiary/aromatic N) is 2. The van der Waals surface area contributed by atoms with E-state index < -0.39 is 24.4 Å². The lowest BCUT2D eigenvalue weighted by molar-refractivity contribution is -0.127. The molecule has 2 aromatic rings. The van der Waals surface area contributed by atoms with E-state index in [1.807, 2.05) is 18.2 Å². The van der Waals surface area contributed by atoms with Gasteiger partial charge in [-0.1, -0.05) is 23.7 Å². The zero-order chi connectivity index (χ0) is 24.6. The number of benzene rings is 2. The highest BCUT2D eigenvalue weighted by Gasteiger charge is 2.35. The van der Waals surface area contributed by atoms with E-state index >= 15 is 0 Å². The van der Waals surface area contributed by atoms with E-state index in [2.05, 4.69) is 49.3 Å². The fourth-order valence-corrected chi connectivity index (χ4v) is 4.65. The molecule has 2 aliphatic heterocycles. The number of imide groups is 1. The average Bonchev–Trinajstić information content (AvgIpc) is 3.02. The van der Waals surface area contributed by atoms with Crippen LogP contribution in [0.5, 0.6) is 0 Å². The smallest absolute Gasteiger partial charge is 0.329 e. The molecule has 34 heavy (non-hydrogen) atoms. The molecule has 1 saturated heterocycles. The predicted octanol–water partition coefficient (Wildman–Crippen LogP) is 4.89. The van der Waals surface area contributed by atoms with Crippen LogP contribution in [0, 0.1) is 0 Å². The van der Waals surface area contributed by atoms with Crippen molar-refractivity contribution in [1.82, 2.24) is 10.2 Å². The fraction of sp³-hybridized carbons (Fsp3) is 0.269. The van der Waals surface area contributed by atoms with Crippen molar-refractivity contribution in [3.05, 3.63) is 70.4 Å². The summed E-state index contributed by atoms with van der Waals surface area (Å²) in [4.78, 5) is 40.8. The van der Waals surface area contributed by atoms with Gasteiger partial charge in [0.2, 0.25) is 5.91 Å². The van der Waals surface area contributed by atoms with Gasteiger partial charge >= 0.3 is 6.03 Å². The number of urea groups is 1. The number of hydrogen-bond donors (Lipinski definition) is 2. The van der Waals surface area contributed by atoms with Crippen molar-refractivity contribution in [2.45, 2.75) is 33.2 Å². The third-order valence-corrected chi connectivity index (χ3v) is 6.27. The second kappa shape index (κ2) is 8.99. The summed E-state index contributed by atoms with van der Waals surface area (Å²) in [5.74, 6) is -1.03. The molecule has 4 rings (SSSR count). The molecule has 176 valence electrons. The van der Waals surface area contributed by atoms with Crippen LogP contribution in [-0.2, 0) is 9.59 Å². The van der Waals surface area contributed by atoms with Crippen LogP contribution in [0.1, 0.15) is 38.8 Å². The van der Waals surface area contributed by atoms with Crippen LogP contribution in [-0.4, -0.2) is 41.4 Å². The molecule has 2 heterocycles. The van der Waals surface area contributed by atoms with E-state index in [0.29, 0.717) is 10.7 Å². The number of likely N-dealkylation sites (N-methyl/N-ethyl adjacent to an activating group) is 1. The maximum Gasteiger partial charge on any atom is 0.329 e. The number of fused-ring (bicyclic) bond motifs is 1. The van der Waals surface area contributed by atoms with Gasteiger partial charge in [0.1, 0.15) is 12.2 Å². The van der Waals surface area contributed by atoms with Gasteiger partial charge in [0.15, 0.2) is 0 Å². The van der Waals surface area contributed by atoms with Gasteiger partial charge in [-0.25, -0.2) is 9.69 Å². The second-order valence-electron chi connectivity index (χ2n) is 8.94. The molecular weight excluding hydrogens is 452 g/mol. The zero-order valence-corrected chi connectivity index (χ0v) is 20.4. The summed E-state index contributed by atoms with van der Waals surface area (Å²) in [6.45, 7) is 9.05. The van der Waals surface area contributed by atoms with Crippen LogP contribution in [0.15, 0.2) is 54.2 Å². The highest BCUT2D eigenvalue weighted by Crippen LogP contribution is 2.39. The van der Waals surface area contributed by atoms with E-state index in [0.717, 1.165) is 33.8 Å². The lowest BCUT2D eigenvalue weighted by Gasteiger charge is -2.42. The van der Waals surface area contributed by atoms with Crippen molar-refractivity contribution in [2.75, 3.05) is 23.3 Å². The summed E-state index contributed by atoms with van der Waals surface area (Å²) in [5.41, 5.74) is 4.75. The number of carbonyl (C=O) groups excluding carboxylic acids is 3. The van der Waals surface area contributed by atoms with Gasteiger partial charge < -0.3 is 15.5 Å². The Morgan fingerprint density at radius 1 is 1.15 bits per heavy atom. The first-order chi connectivity index (χ1) is 16.1. The van der Waals surface area contributed by atoms with Crippen molar-refractivity contribution in [3.8, 4) is 0 Å². The Morgan fingerprint density at radius 2 is 1.85 bits per heavy atom. The first-order valence-electron chi connectivity index (χ1n) is 11.1. The third-order valence-electron chi connectivity index (χ3n) is 6.02. The zero-order valence-electron chi connectivity index (χ0n) is 19.6. The summed E-state index contributed by atoms with van der Waals surface area (Å²) in [6, 6.07) is 11.9. The van der Waals surface area contributed by atoms with Gasteiger partial charge in [0, 0.05) is 28.5 Å². The Hall–Kier alpha value is -3.58. The molecule has 4 amide bonds. The van der Waals surface area contributed by atoms with Crippen LogP contribution in [0.3, 0.4) is 0 Å². The first kappa shape index (κ1) is 23.6. The molecule has 0 aliphatic carbocycles. The van der Waals surface area contributed by atoms with Crippen molar-refractivity contribution in [3.63, 3.8) is 0 Å². The lowest BCUT2D eigenvalue weighted by Crippen LogP contribution is -2.44. The molecule has 7 nitrogen and oxygen atoms in total. The highest BCUT2D eigenvalue weighted by atomic mass is 35.5. The maximum absolute atomic E-state index is 12.8. The van der Waals surface area contributed by atoms with Crippen molar-refractivity contribution in [2.24, 2.45) is 0 Å². The Labute approximate surface area is 204 Å². The molecule has 2 N–H and O–H groups in total. The minimum Gasteiger partial charge on any atom is -0.363 e. The molecule has 1 fully saturated rings. The molecule has 2 aromatic carbocycles. The fourth-order valence-electron chi connectivity index (χ4n) is 4.53. The Bertz CT molecular complexity index is 1230. The summed E-state index contributed by atoms with van der Waals surface area (Å²) in [7, 11) is 0. The minimum atomic E-state index is -0.629. The Balaban J connectivity index is 1.52. The Kier molecular flexibility index (Phi) is 6.23. The second-order valence-corrected chi connectivity index (χ2v) is 9.37. The number of anilines is 2. The molecule has 0 bridgehead atoms. The van der Waals surface area contributed by atoms with Crippen LogP contribution in [0.25, 0.3) is 11.6 Å². The van der Waals surface area contributed by atoms with Gasteiger partial charge in [-0.3, -0.25) is 9.59 Å². The number of halogens is 1. The van der Waals surface area contributed by atoms with Gasteiger partial charge in [0.25, 0.3) is 5.91 Å². The van der Waals surface area contributed by atoms with Crippen LogP contribution >= 0.6 is 11.6 Å². The van der Waals surface area contributed by atoms with Crippen molar-refractivity contribution in [1.29, 1.82) is 0 Å². The number of rotatable bonds is 5. The first-order valence-corrected chi connectivity index (χ1v) is 11.5. The lowest BCUT2D eigenvalue weighted by atomic mass is 9.88. The minimum absolute atomic E-state index is 0.0890. The van der Waals surface area contributed by atoms with Crippen LogP contribution < -0.4 is 15.5 Å². The summed E-state index contributed by atoms with van der Waals surface area (Å²) < 4.78 is 0. The summed E-state index contributed by atoms with van der Waals surface area (Å²) in [5, 5.41) is 5.78. The molecule has 8 heteroatoms. The van der Waals surface area contributed by atoms with Crippen molar-refractivity contribution < 1.29 is 14.4 Å². The number of amides is 4. The molecule has 2 aliphatic rings. The van der Waals surface area contributed by atoms with Crippen LogP contribution in [0.2, 0.25) is 5.02 Å². The monoisotopic (exact) mass is 478 g/mol. The quantitative estimate of drug-likeness (QED) is 0.473. The molecule has 0 radical (unpaired) electrons. The largest absolute Gasteiger partial charge is 0.363 e. The average molecular weight is 479 g/mol. The molecule has 0 saturated carbocycles. The standard InChI is InChI=1S/C26H27ClN4O3/c1-5-31-22-11-6-17(12-20(22)16(2)14-26(31,3)4)13-21-24(33)30(25(34)29-21)15-23(32)28-19-9-7-18(27)8-10-19/h6-14H,5,15H2,1-4H3,(H,28,32)(H,29,34)/b21-13-. The molecule has 0 spiro atoms. The number of hydrogen-bond acceptors (Lipinski definition) is 4. The number of nitrogens with one attached hydrogen (secondary N) is 2. The van der Waals surface area contributed by atoms with E-state index in [4.69, 9.17) is 11.6 Å². The van der Waals surface area contributed by atoms with Gasteiger partial charge in [0.05, 0.1) is 5.54 Å². The molecule has 0 unspecified atom stereocenters. The van der Waals surface area contributed by atoms with E-state index in [1.54, 1.807) is 30.3 Å². The van der Waals surface area contributed by atoms with Crippen molar-refractivity contribution >= 4 is 52.5 Å². The SMILES string of the molecule is CCN1c2ccc(/C=C3\NC(=O)N(CC(=O)Nc4ccc(Cl)cc4)C3=O)cc2C(C)=CC1(C)C. The predicted molar refractivity (Wildman–Crippen MR) is 135 cm³/mol. The summed E-state index contributed by atoms with van der Waals surface area (Å²) >= 11 is 5.85. The topological polar surface area (TPSA) is 81.8 Å². The van der Waals surface area contributed by atoms with E-state index in [-0.39, 0.29) is 11.2 Å². The molecular formula is C26H27ClN4O3. The highest BCUT2D eigenvalue weighted by molar-refractivity contribution is 6.30. The molecule has 0 atom stereocenters. The Morgan fingerprint density at radius 3 is 2.53 bits per heavy atom. The third kappa shape index (κ3) is 4.56. The van der Waals surface area contributed by atoms with Gasteiger partial charge in [-0.2, -0.15) is 0 Å². The summed E-state index contributed by atoms with van der Waals surface area (Å²) in [6.07, 6.45) is 3.88. The maximum atomic E-state index is 12.8. The number of carbonyl (C=O) groups is 3. The van der Waals surface area contributed by atoms with Gasteiger partial charge in [-0.05, 0) is 81.3 Å².